The van der Waals surface area contributed by atoms with Crippen LogP contribution >= 0.6 is 0 Å². The Morgan fingerprint density at radius 2 is 1.89 bits per heavy atom. The van der Waals surface area contributed by atoms with Crippen molar-refractivity contribution in [2.75, 3.05) is 31.2 Å². The van der Waals surface area contributed by atoms with Crippen LogP contribution in [0.15, 0.2) is 18.5 Å². The van der Waals surface area contributed by atoms with Gasteiger partial charge in [0, 0.05) is 24.7 Å². The molecule has 5 nitrogen and oxygen atoms in total. The number of pyridine rings is 1. The van der Waals surface area contributed by atoms with Crippen molar-refractivity contribution in [2.24, 2.45) is 0 Å². The van der Waals surface area contributed by atoms with Gasteiger partial charge in [-0.3, -0.25) is 4.98 Å². The van der Waals surface area contributed by atoms with E-state index >= 15 is 0 Å². The molecule has 3 rings (SSSR count). The second kappa shape index (κ2) is 6.43. The van der Waals surface area contributed by atoms with Crippen LogP contribution in [0.3, 0.4) is 0 Å². The number of anilines is 1. The van der Waals surface area contributed by atoms with Crippen LogP contribution in [0.25, 0.3) is 10.9 Å². The molecule has 102 valence electrons. The lowest BCUT2D eigenvalue weighted by atomic mass is 10.2. The lowest BCUT2D eigenvalue weighted by Gasteiger charge is -2.28. The number of rotatable bonds is 1. The van der Waals surface area contributed by atoms with Gasteiger partial charge < -0.3 is 9.64 Å². The van der Waals surface area contributed by atoms with Crippen LogP contribution in [0.1, 0.15) is 19.7 Å². The summed E-state index contributed by atoms with van der Waals surface area (Å²) in [5.74, 6) is 1.78. The fourth-order valence-corrected chi connectivity index (χ4v) is 2.09. The maximum absolute atomic E-state index is 5.37. The average molecular weight is 260 g/mol. The predicted octanol–water partition coefficient (Wildman–Crippen LogP) is 2.20. The van der Waals surface area contributed by atoms with E-state index in [1.54, 1.807) is 12.4 Å². The minimum atomic E-state index is 0.760. The summed E-state index contributed by atoms with van der Waals surface area (Å²) < 4.78 is 5.37. The van der Waals surface area contributed by atoms with E-state index in [0.717, 1.165) is 48.8 Å². The number of nitrogens with zero attached hydrogens (tertiary/aromatic N) is 4. The van der Waals surface area contributed by atoms with Crippen LogP contribution in [0.5, 0.6) is 0 Å². The maximum atomic E-state index is 5.37. The van der Waals surface area contributed by atoms with Crippen LogP contribution < -0.4 is 4.90 Å². The SMILES string of the molecule is CC.Cc1nc(N2CCOCC2)c2ccncc2n1. The van der Waals surface area contributed by atoms with Crippen LogP contribution in [0.4, 0.5) is 5.82 Å². The van der Waals surface area contributed by atoms with E-state index in [1.807, 2.05) is 26.8 Å². The molecule has 0 spiro atoms. The van der Waals surface area contributed by atoms with Gasteiger partial charge in [0.1, 0.15) is 11.6 Å². The van der Waals surface area contributed by atoms with Crippen molar-refractivity contribution in [3.8, 4) is 0 Å². The van der Waals surface area contributed by atoms with Gasteiger partial charge in [-0.05, 0) is 13.0 Å². The molecule has 0 radical (unpaired) electrons. The Bertz CT molecular complexity index is 538. The molecule has 1 saturated heterocycles. The number of hydrogen-bond acceptors (Lipinski definition) is 5. The molecule has 0 saturated carbocycles. The molecule has 1 aliphatic rings. The van der Waals surface area contributed by atoms with Crippen LogP contribution in [-0.4, -0.2) is 41.3 Å². The highest BCUT2D eigenvalue weighted by molar-refractivity contribution is 5.88. The summed E-state index contributed by atoms with van der Waals surface area (Å²) in [5.41, 5.74) is 0.904. The van der Waals surface area contributed by atoms with Gasteiger partial charge in [-0.1, -0.05) is 13.8 Å². The minimum absolute atomic E-state index is 0.760. The first-order valence-corrected chi connectivity index (χ1v) is 6.75. The first kappa shape index (κ1) is 13.7. The summed E-state index contributed by atoms with van der Waals surface area (Å²) >= 11 is 0. The highest BCUT2D eigenvalue weighted by Gasteiger charge is 2.16. The summed E-state index contributed by atoms with van der Waals surface area (Å²) in [6, 6.07) is 1.97. The van der Waals surface area contributed by atoms with Gasteiger partial charge in [-0.25, -0.2) is 9.97 Å². The van der Waals surface area contributed by atoms with E-state index < -0.39 is 0 Å². The van der Waals surface area contributed by atoms with Crippen molar-refractivity contribution < 1.29 is 4.74 Å². The molecule has 0 aromatic carbocycles. The Balaban J connectivity index is 0.000000637. The maximum Gasteiger partial charge on any atom is 0.140 e. The van der Waals surface area contributed by atoms with Gasteiger partial charge in [0.2, 0.25) is 0 Å². The first-order valence-electron chi connectivity index (χ1n) is 6.75. The van der Waals surface area contributed by atoms with Crippen molar-refractivity contribution >= 4 is 16.7 Å². The zero-order valence-electron chi connectivity index (χ0n) is 11.8. The largest absolute Gasteiger partial charge is 0.378 e. The molecule has 0 unspecified atom stereocenters. The molecule has 2 aromatic heterocycles. The Hall–Kier alpha value is -1.75. The molecule has 0 aliphatic carbocycles. The number of fused-ring (bicyclic) bond motifs is 1. The third-order valence-corrected chi connectivity index (χ3v) is 2.90. The van der Waals surface area contributed by atoms with Gasteiger partial charge in [0.05, 0.1) is 24.9 Å². The van der Waals surface area contributed by atoms with Gasteiger partial charge in [-0.15, -0.1) is 0 Å². The Kier molecular flexibility index (Phi) is 4.63. The number of hydrogen-bond donors (Lipinski definition) is 0. The third kappa shape index (κ3) is 2.98. The van der Waals surface area contributed by atoms with Crippen molar-refractivity contribution in [3.63, 3.8) is 0 Å². The number of aromatic nitrogens is 3. The molecule has 1 fully saturated rings. The average Bonchev–Trinajstić information content (AvgIpc) is 2.49. The molecule has 0 N–H and O–H groups in total. The summed E-state index contributed by atoms with van der Waals surface area (Å²) in [5, 5.41) is 1.06. The van der Waals surface area contributed by atoms with Crippen molar-refractivity contribution in [1.29, 1.82) is 0 Å². The van der Waals surface area contributed by atoms with E-state index in [2.05, 4.69) is 19.9 Å². The summed E-state index contributed by atoms with van der Waals surface area (Å²) in [7, 11) is 0. The first-order chi connectivity index (χ1) is 9.34. The Labute approximate surface area is 113 Å². The van der Waals surface area contributed by atoms with E-state index in [-0.39, 0.29) is 0 Å². The molecule has 0 amide bonds. The Morgan fingerprint density at radius 1 is 1.16 bits per heavy atom. The lowest BCUT2D eigenvalue weighted by Crippen LogP contribution is -2.37. The summed E-state index contributed by atoms with van der Waals surface area (Å²) in [4.78, 5) is 15.3. The van der Waals surface area contributed by atoms with Crippen LogP contribution in [0, 0.1) is 6.92 Å². The fourth-order valence-electron chi connectivity index (χ4n) is 2.09. The van der Waals surface area contributed by atoms with Gasteiger partial charge in [-0.2, -0.15) is 0 Å². The lowest BCUT2D eigenvalue weighted by molar-refractivity contribution is 0.122. The fraction of sp³-hybridized carbons (Fsp3) is 0.500. The highest BCUT2D eigenvalue weighted by atomic mass is 16.5. The molecule has 5 heteroatoms. The zero-order chi connectivity index (χ0) is 13.7. The van der Waals surface area contributed by atoms with Crippen molar-refractivity contribution in [2.45, 2.75) is 20.8 Å². The molecular formula is C14H20N4O. The monoisotopic (exact) mass is 260 g/mol. The predicted molar refractivity (Wildman–Crippen MR) is 76.5 cm³/mol. The van der Waals surface area contributed by atoms with E-state index in [9.17, 15) is 0 Å². The standard InChI is InChI=1S/C12H14N4O.C2H6/c1-9-14-11-8-13-3-2-10(11)12(15-9)16-4-6-17-7-5-16;1-2/h2-3,8H,4-7H2,1H3;1-2H3. The molecule has 0 atom stereocenters. The Morgan fingerprint density at radius 3 is 2.63 bits per heavy atom. The highest BCUT2D eigenvalue weighted by Crippen LogP contribution is 2.23. The second-order valence-corrected chi connectivity index (χ2v) is 4.09. The zero-order valence-corrected chi connectivity index (χ0v) is 11.8. The molecule has 1 aliphatic heterocycles. The minimum Gasteiger partial charge on any atom is -0.378 e. The summed E-state index contributed by atoms with van der Waals surface area (Å²) in [6.07, 6.45) is 3.57. The molecule has 19 heavy (non-hydrogen) atoms. The molecular weight excluding hydrogens is 240 g/mol. The third-order valence-electron chi connectivity index (χ3n) is 2.90. The van der Waals surface area contributed by atoms with E-state index in [4.69, 9.17) is 4.74 Å². The molecule has 0 bridgehead atoms. The van der Waals surface area contributed by atoms with E-state index in [1.165, 1.54) is 0 Å². The summed E-state index contributed by atoms with van der Waals surface area (Å²) in [6.45, 7) is 9.20. The number of ether oxygens (including phenoxy) is 1. The normalized spacial score (nSPS) is 15.0. The van der Waals surface area contributed by atoms with Crippen LogP contribution in [-0.2, 0) is 4.74 Å². The van der Waals surface area contributed by atoms with E-state index in [0.29, 0.717) is 0 Å². The quantitative estimate of drug-likeness (QED) is 0.786. The van der Waals surface area contributed by atoms with Gasteiger partial charge >= 0.3 is 0 Å². The van der Waals surface area contributed by atoms with Crippen LogP contribution in [0.2, 0.25) is 0 Å². The molecule has 2 aromatic rings. The van der Waals surface area contributed by atoms with Crippen molar-refractivity contribution in [1.82, 2.24) is 15.0 Å². The van der Waals surface area contributed by atoms with Gasteiger partial charge in [0.25, 0.3) is 0 Å². The number of morpholine rings is 1. The van der Waals surface area contributed by atoms with Crippen molar-refractivity contribution in [3.05, 3.63) is 24.3 Å². The smallest absolute Gasteiger partial charge is 0.140 e. The number of aryl methyl sites for hydroxylation is 1. The molecule has 3 heterocycles. The topological polar surface area (TPSA) is 51.1 Å². The van der Waals surface area contributed by atoms with Gasteiger partial charge in [0.15, 0.2) is 0 Å². The second-order valence-electron chi connectivity index (χ2n) is 4.09.